The Morgan fingerprint density at radius 3 is 2.61 bits per heavy atom. The maximum Gasteiger partial charge on any atom is 0.247 e. The SMILES string of the molecule is C=CC(=O)Nc1cc(Nc2ncc(Cl)c(Nc3ccccc3P(C)(C)=O)n2)c(OC)cc1C#CCC. The Bertz CT molecular complexity index is 1410. The van der Waals surface area contributed by atoms with E-state index in [-0.39, 0.29) is 16.9 Å². The number of ether oxygens (including phenoxy) is 1. The third-order valence-electron chi connectivity index (χ3n) is 4.91. The van der Waals surface area contributed by atoms with Gasteiger partial charge in [-0.25, -0.2) is 4.98 Å². The standard InChI is InChI=1S/C26H27ClN5O3P/c1-6-8-11-17-14-22(35-3)21(15-20(17)29-24(33)7-2)31-26-28-16-18(27)25(32-26)30-19-12-9-10-13-23(19)36(4,5)34/h7,9-10,12-16H,2,6H2,1,3-5H3,(H,29,33)(H2,28,30,31,32). The number of halogens is 1. The zero-order valence-corrected chi connectivity index (χ0v) is 22.1. The zero-order chi connectivity index (χ0) is 26.3. The van der Waals surface area contributed by atoms with E-state index >= 15 is 0 Å². The monoisotopic (exact) mass is 523 g/mol. The van der Waals surface area contributed by atoms with Gasteiger partial charge in [0.25, 0.3) is 0 Å². The summed E-state index contributed by atoms with van der Waals surface area (Å²) < 4.78 is 18.3. The van der Waals surface area contributed by atoms with Crippen LogP contribution < -0.4 is 26.0 Å². The number of para-hydroxylation sites is 1. The van der Waals surface area contributed by atoms with Gasteiger partial charge in [-0.05, 0) is 37.6 Å². The average molecular weight is 524 g/mol. The van der Waals surface area contributed by atoms with Crippen molar-refractivity contribution < 1.29 is 14.1 Å². The van der Waals surface area contributed by atoms with Crippen molar-refractivity contribution in [3.63, 3.8) is 0 Å². The number of nitrogens with zero attached hydrogens (tertiary/aromatic N) is 2. The highest BCUT2D eigenvalue weighted by Gasteiger charge is 2.18. The van der Waals surface area contributed by atoms with Crippen LogP contribution in [0.15, 0.2) is 55.3 Å². The van der Waals surface area contributed by atoms with Crippen molar-refractivity contribution in [2.24, 2.45) is 0 Å². The van der Waals surface area contributed by atoms with Gasteiger partial charge in [0.1, 0.15) is 17.9 Å². The number of hydrogen-bond acceptors (Lipinski definition) is 7. The molecule has 0 saturated carbocycles. The molecule has 0 spiro atoms. The highest BCUT2D eigenvalue weighted by atomic mass is 35.5. The number of methoxy groups -OCH3 is 1. The van der Waals surface area contributed by atoms with Crippen LogP contribution in [0.5, 0.6) is 5.75 Å². The van der Waals surface area contributed by atoms with E-state index in [4.69, 9.17) is 16.3 Å². The van der Waals surface area contributed by atoms with Crippen molar-refractivity contribution in [2.45, 2.75) is 13.3 Å². The van der Waals surface area contributed by atoms with Crippen LogP contribution in [-0.2, 0) is 9.36 Å². The molecule has 0 unspecified atom stereocenters. The van der Waals surface area contributed by atoms with Crippen LogP contribution in [0, 0.1) is 11.8 Å². The lowest BCUT2D eigenvalue weighted by molar-refractivity contribution is -0.111. The van der Waals surface area contributed by atoms with Crippen molar-refractivity contribution in [1.29, 1.82) is 0 Å². The lowest BCUT2D eigenvalue weighted by Crippen LogP contribution is -2.11. The first-order valence-corrected chi connectivity index (χ1v) is 14.0. The third kappa shape index (κ3) is 6.66. The van der Waals surface area contributed by atoms with Gasteiger partial charge in [-0.1, -0.05) is 49.1 Å². The summed E-state index contributed by atoms with van der Waals surface area (Å²) in [6.45, 7) is 8.84. The van der Waals surface area contributed by atoms with Gasteiger partial charge < -0.3 is 25.3 Å². The molecule has 0 atom stereocenters. The molecular formula is C26H27ClN5O3P. The minimum Gasteiger partial charge on any atom is -0.495 e. The molecule has 0 bridgehead atoms. The Kier molecular flexibility index (Phi) is 8.76. The molecule has 3 N–H and O–H groups in total. The first-order chi connectivity index (χ1) is 17.2. The predicted molar refractivity (Wildman–Crippen MR) is 148 cm³/mol. The van der Waals surface area contributed by atoms with Gasteiger partial charge in [-0.3, -0.25) is 4.79 Å². The number of aromatic nitrogens is 2. The predicted octanol–water partition coefficient (Wildman–Crippen LogP) is 5.76. The fraction of sp³-hybridized carbons (Fsp3) is 0.192. The second kappa shape index (κ2) is 11.8. The van der Waals surface area contributed by atoms with E-state index in [0.717, 1.165) is 0 Å². The van der Waals surface area contributed by atoms with Gasteiger partial charge in [0.2, 0.25) is 11.9 Å². The average Bonchev–Trinajstić information content (AvgIpc) is 2.85. The maximum atomic E-state index is 12.7. The Balaban J connectivity index is 2.00. The van der Waals surface area contributed by atoms with Crippen LogP contribution in [0.4, 0.5) is 28.8 Å². The van der Waals surface area contributed by atoms with Gasteiger partial charge in [0, 0.05) is 17.8 Å². The molecule has 0 aliphatic carbocycles. The van der Waals surface area contributed by atoms with Gasteiger partial charge >= 0.3 is 0 Å². The number of amides is 1. The minimum absolute atomic E-state index is 0.224. The summed E-state index contributed by atoms with van der Waals surface area (Å²) in [5.74, 6) is 6.69. The number of nitrogens with one attached hydrogen (secondary N) is 3. The molecule has 3 rings (SSSR count). The van der Waals surface area contributed by atoms with Crippen LogP contribution in [0.2, 0.25) is 5.02 Å². The first kappa shape index (κ1) is 26.8. The van der Waals surface area contributed by atoms with Crippen molar-refractivity contribution in [1.82, 2.24) is 9.97 Å². The molecule has 10 heteroatoms. The molecular weight excluding hydrogens is 497 g/mol. The van der Waals surface area contributed by atoms with Crippen LogP contribution in [0.3, 0.4) is 0 Å². The van der Waals surface area contributed by atoms with Crippen LogP contribution in [-0.4, -0.2) is 36.3 Å². The lowest BCUT2D eigenvalue weighted by Gasteiger charge is -2.17. The largest absolute Gasteiger partial charge is 0.495 e. The number of anilines is 5. The summed E-state index contributed by atoms with van der Waals surface area (Å²) in [5.41, 5.74) is 2.21. The molecule has 0 saturated heterocycles. The van der Waals surface area contributed by atoms with E-state index in [1.807, 2.05) is 31.2 Å². The Morgan fingerprint density at radius 2 is 1.94 bits per heavy atom. The third-order valence-corrected chi connectivity index (χ3v) is 6.74. The maximum absolute atomic E-state index is 12.7. The van der Waals surface area contributed by atoms with E-state index < -0.39 is 7.14 Å². The number of rotatable bonds is 8. The van der Waals surface area contributed by atoms with Crippen molar-refractivity contribution in [3.8, 4) is 17.6 Å². The van der Waals surface area contributed by atoms with E-state index in [2.05, 4.69) is 44.3 Å². The molecule has 0 fully saturated rings. The molecule has 186 valence electrons. The Hall–Kier alpha value is -3.79. The first-order valence-electron chi connectivity index (χ1n) is 11.0. The fourth-order valence-corrected chi connectivity index (χ4v) is 4.53. The van der Waals surface area contributed by atoms with Gasteiger partial charge in [-0.15, -0.1) is 0 Å². The van der Waals surface area contributed by atoms with Crippen molar-refractivity contribution in [3.05, 3.63) is 65.8 Å². The molecule has 0 radical (unpaired) electrons. The molecule has 36 heavy (non-hydrogen) atoms. The molecule has 1 aromatic heterocycles. The second-order valence-corrected chi connectivity index (χ2v) is 11.5. The quantitative estimate of drug-likeness (QED) is 0.196. The molecule has 1 amide bonds. The summed E-state index contributed by atoms with van der Waals surface area (Å²) in [4.78, 5) is 20.8. The number of benzene rings is 2. The normalized spacial score (nSPS) is 10.6. The van der Waals surface area contributed by atoms with Crippen LogP contribution in [0.25, 0.3) is 0 Å². The Morgan fingerprint density at radius 1 is 1.19 bits per heavy atom. The summed E-state index contributed by atoms with van der Waals surface area (Å²) in [7, 11) is -1.02. The minimum atomic E-state index is -2.55. The Labute approximate surface area is 215 Å². The molecule has 8 nitrogen and oxygen atoms in total. The molecule has 1 heterocycles. The number of carbonyl (C=O) groups excluding carboxylic acids is 1. The van der Waals surface area contributed by atoms with Crippen LogP contribution >= 0.6 is 18.7 Å². The van der Waals surface area contributed by atoms with E-state index in [9.17, 15) is 9.36 Å². The highest BCUT2D eigenvalue weighted by Crippen LogP contribution is 2.39. The summed E-state index contributed by atoms with van der Waals surface area (Å²) in [5, 5.41) is 10.0. The van der Waals surface area contributed by atoms with Crippen molar-refractivity contribution >= 4 is 58.8 Å². The van der Waals surface area contributed by atoms with Crippen LogP contribution in [0.1, 0.15) is 18.9 Å². The van der Waals surface area contributed by atoms with Crippen molar-refractivity contribution in [2.75, 3.05) is 36.4 Å². The van der Waals surface area contributed by atoms with Gasteiger partial charge in [-0.2, -0.15) is 4.98 Å². The topological polar surface area (TPSA) is 105 Å². The highest BCUT2D eigenvalue weighted by molar-refractivity contribution is 7.70. The molecule has 3 aromatic rings. The number of hydrogen-bond donors (Lipinski definition) is 3. The lowest BCUT2D eigenvalue weighted by atomic mass is 10.1. The number of carbonyl (C=O) groups is 1. The van der Waals surface area contributed by atoms with E-state index in [1.54, 1.807) is 25.5 Å². The summed E-state index contributed by atoms with van der Waals surface area (Å²) in [6, 6.07) is 10.7. The van der Waals surface area contributed by atoms with Gasteiger partial charge in [0.05, 0.1) is 35.9 Å². The zero-order valence-electron chi connectivity index (χ0n) is 20.5. The van der Waals surface area contributed by atoms with E-state index in [1.165, 1.54) is 19.4 Å². The summed E-state index contributed by atoms with van der Waals surface area (Å²) in [6.07, 6.45) is 3.28. The molecule has 0 aliphatic heterocycles. The summed E-state index contributed by atoms with van der Waals surface area (Å²) >= 11 is 6.36. The molecule has 2 aromatic carbocycles. The second-order valence-electron chi connectivity index (χ2n) is 7.95. The smallest absolute Gasteiger partial charge is 0.247 e. The van der Waals surface area contributed by atoms with Gasteiger partial charge in [0.15, 0.2) is 5.82 Å². The fourth-order valence-electron chi connectivity index (χ4n) is 3.23. The van der Waals surface area contributed by atoms with E-state index in [0.29, 0.717) is 45.9 Å². The molecule has 0 aliphatic rings.